The van der Waals surface area contributed by atoms with Crippen LogP contribution in [0, 0.1) is 0 Å². The lowest BCUT2D eigenvalue weighted by Crippen LogP contribution is -3.10. The summed E-state index contributed by atoms with van der Waals surface area (Å²) in [7, 11) is 3.59. The molecule has 0 aliphatic rings. The SMILES string of the molecule is COc1ccc(Cl)cc1NC(=O)C[NH+](C)C(c1ccccc1)c1ccccc1. The Morgan fingerprint density at radius 3 is 2.11 bits per heavy atom. The standard InChI is InChI=1S/C23H23ClN2O2/c1-26(16-22(27)25-20-15-19(24)13-14-21(20)28-2)23(17-9-5-3-6-10-17)18-11-7-4-8-12-18/h3-15,23H,16H2,1-2H3,(H,25,27)/p+1. The minimum atomic E-state index is -0.102. The second-order valence-electron chi connectivity index (χ2n) is 6.67. The molecular formula is C23H24ClN2O2+. The van der Waals surface area contributed by atoms with Crippen molar-refractivity contribution in [2.45, 2.75) is 6.04 Å². The molecule has 0 fully saturated rings. The van der Waals surface area contributed by atoms with Crippen LogP contribution in [0.4, 0.5) is 5.69 Å². The number of methoxy groups -OCH3 is 1. The normalized spacial score (nSPS) is 11.9. The number of halogens is 1. The maximum Gasteiger partial charge on any atom is 0.279 e. The highest BCUT2D eigenvalue weighted by molar-refractivity contribution is 6.31. The first-order chi connectivity index (χ1) is 13.6. The van der Waals surface area contributed by atoms with Crippen molar-refractivity contribution in [2.24, 2.45) is 0 Å². The van der Waals surface area contributed by atoms with Crippen LogP contribution >= 0.6 is 11.6 Å². The molecule has 0 spiro atoms. The number of carbonyl (C=O) groups excluding carboxylic acids is 1. The van der Waals surface area contributed by atoms with Gasteiger partial charge in [0.25, 0.3) is 5.91 Å². The number of benzene rings is 3. The number of carbonyl (C=O) groups is 1. The van der Waals surface area contributed by atoms with E-state index < -0.39 is 0 Å². The molecule has 3 rings (SSSR count). The van der Waals surface area contributed by atoms with Crippen LogP contribution in [0.2, 0.25) is 5.02 Å². The van der Waals surface area contributed by atoms with Crippen molar-refractivity contribution in [3.05, 3.63) is 95.0 Å². The fourth-order valence-electron chi connectivity index (χ4n) is 3.38. The lowest BCUT2D eigenvalue weighted by Gasteiger charge is -2.25. The lowest BCUT2D eigenvalue weighted by atomic mass is 9.97. The first-order valence-corrected chi connectivity index (χ1v) is 9.52. The van der Waals surface area contributed by atoms with Gasteiger partial charge in [-0.15, -0.1) is 0 Å². The van der Waals surface area contributed by atoms with E-state index in [1.54, 1.807) is 25.3 Å². The number of amides is 1. The summed E-state index contributed by atoms with van der Waals surface area (Å²) < 4.78 is 5.31. The van der Waals surface area contributed by atoms with Crippen molar-refractivity contribution >= 4 is 23.2 Å². The number of anilines is 1. The van der Waals surface area contributed by atoms with Gasteiger partial charge < -0.3 is 15.0 Å². The first-order valence-electron chi connectivity index (χ1n) is 9.14. The van der Waals surface area contributed by atoms with Gasteiger partial charge in [0.15, 0.2) is 6.54 Å². The molecular weight excluding hydrogens is 372 g/mol. The van der Waals surface area contributed by atoms with Crippen LogP contribution in [-0.4, -0.2) is 26.6 Å². The number of hydrogen-bond donors (Lipinski definition) is 2. The number of quaternary nitrogens is 1. The van der Waals surface area contributed by atoms with E-state index >= 15 is 0 Å². The van der Waals surface area contributed by atoms with Crippen molar-refractivity contribution < 1.29 is 14.4 Å². The lowest BCUT2D eigenvalue weighted by molar-refractivity contribution is -0.897. The number of rotatable bonds is 7. The monoisotopic (exact) mass is 395 g/mol. The van der Waals surface area contributed by atoms with Crippen molar-refractivity contribution in [3.63, 3.8) is 0 Å². The third kappa shape index (κ3) is 4.91. The summed E-state index contributed by atoms with van der Waals surface area (Å²) in [6.45, 7) is 0.296. The van der Waals surface area contributed by atoms with E-state index in [2.05, 4.69) is 29.6 Å². The van der Waals surface area contributed by atoms with Crippen molar-refractivity contribution in [2.75, 3.05) is 26.0 Å². The second-order valence-corrected chi connectivity index (χ2v) is 7.11. The molecule has 0 radical (unpaired) electrons. The zero-order chi connectivity index (χ0) is 19.9. The van der Waals surface area contributed by atoms with Crippen LogP contribution < -0.4 is 15.0 Å². The molecule has 2 N–H and O–H groups in total. The molecule has 0 saturated heterocycles. The van der Waals surface area contributed by atoms with Crippen LogP contribution in [0.5, 0.6) is 5.75 Å². The summed E-state index contributed by atoms with van der Waals surface area (Å²) in [6, 6.07) is 25.7. The third-order valence-corrected chi connectivity index (χ3v) is 4.87. The molecule has 5 heteroatoms. The Morgan fingerprint density at radius 2 is 1.57 bits per heavy atom. The smallest absolute Gasteiger partial charge is 0.279 e. The van der Waals surface area contributed by atoms with Crippen LogP contribution in [0.15, 0.2) is 78.9 Å². The molecule has 0 aliphatic heterocycles. The van der Waals surface area contributed by atoms with Crippen molar-refractivity contribution in [1.82, 2.24) is 0 Å². The van der Waals surface area contributed by atoms with Gasteiger partial charge in [-0.3, -0.25) is 4.79 Å². The minimum absolute atomic E-state index is 0.0504. The molecule has 1 unspecified atom stereocenters. The maximum atomic E-state index is 12.7. The molecule has 4 nitrogen and oxygen atoms in total. The molecule has 144 valence electrons. The molecule has 0 aliphatic carbocycles. The van der Waals surface area contributed by atoms with Gasteiger partial charge >= 0.3 is 0 Å². The average molecular weight is 396 g/mol. The topological polar surface area (TPSA) is 42.8 Å². The Kier molecular flexibility index (Phi) is 6.69. The van der Waals surface area contributed by atoms with Gasteiger partial charge in [0.05, 0.1) is 19.8 Å². The number of ether oxygens (including phenoxy) is 1. The molecule has 0 bridgehead atoms. The summed E-state index contributed by atoms with van der Waals surface area (Å²) in [6.07, 6.45) is 0. The highest BCUT2D eigenvalue weighted by Gasteiger charge is 2.25. The Bertz CT molecular complexity index is 877. The largest absolute Gasteiger partial charge is 0.495 e. The van der Waals surface area contributed by atoms with Gasteiger partial charge in [-0.05, 0) is 18.2 Å². The van der Waals surface area contributed by atoms with E-state index in [0.717, 1.165) is 4.90 Å². The molecule has 3 aromatic carbocycles. The van der Waals surface area contributed by atoms with Gasteiger partial charge in [-0.2, -0.15) is 0 Å². The Morgan fingerprint density at radius 1 is 1.00 bits per heavy atom. The van der Waals surface area contributed by atoms with E-state index in [4.69, 9.17) is 16.3 Å². The average Bonchev–Trinajstić information content (AvgIpc) is 2.70. The molecule has 28 heavy (non-hydrogen) atoms. The fourth-order valence-corrected chi connectivity index (χ4v) is 3.55. The van der Waals surface area contributed by atoms with Crippen LogP contribution in [-0.2, 0) is 4.79 Å². The summed E-state index contributed by atoms with van der Waals surface area (Å²) in [4.78, 5) is 13.8. The van der Waals surface area contributed by atoms with Crippen molar-refractivity contribution in [1.29, 1.82) is 0 Å². The number of hydrogen-bond acceptors (Lipinski definition) is 2. The van der Waals surface area contributed by atoms with E-state index in [1.807, 2.05) is 43.4 Å². The Balaban J connectivity index is 1.80. The highest BCUT2D eigenvalue weighted by Crippen LogP contribution is 2.27. The van der Waals surface area contributed by atoms with Gasteiger partial charge in [-0.25, -0.2) is 0 Å². The predicted octanol–water partition coefficient (Wildman–Crippen LogP) is 3.59. The summed E-state index contributed by atoms with van der Waals surface area (Å²) >= 11 is 6.06. The third-order valence-electron chi connectivity index (χ3n) is 4.63. The molecule has 1 atom stereocenters. The Labute approximate surface area is 170 Å². The van der Waals surface area contributed by atoms with E-state index in [9.17, 15) is 4.79 Å². The summed E-state index contributed by atoms with van der Waals surface area (Å²) in [5.74, 6) is 0.480. The van der Waals surface area contributed by atoms with Gasteiger partial charge in [0.1, 0.15) is 11.8 Å². The summed E-state index contributed by atoms with van der Waals surface area (Å²) in [5, 5.41) is 3.47. The van der Waals surface area contributed by atoms with Crippen molar-refractivity contribution in [3.8, 4) is 5.75 Å². The quantitative estimate of drug-likeness (QED) is 0.642. The second kappa shape index (κ2) is 9.40. The predicted molar refractivity (Wildman–Crippen MR) is 113 cm³/mol. The van der Waals surface area contributed by atoms with Gasteiger partial charge in [0, 0.05) is 16.1 Å². The van der Waals surface area contributed by atoms with Gasteiger partial charge in [-0.1, -0.05) is 72.3 Å². The van der Waals surface area contributed by atoms with Crippen LogP contribution in [0.3, 0.4) is 0 Å². The van der Waals surface area contributed by atoms with Crippen LogP contribution in [0.1, 0.15) is 17.2 Å². The summed E-state index contributed by atoms with van der Waals surface area (Å²) in [5.41, 5.74) is 2.91. The molecule has 0 aromatic heterocycles. The highest BCUT2D eigenvalue weighted by atomic mass is 35.5. The first kappa shape index (κ1) is 19.9. The zero-order valence-electron chi connectivity index (χ0n) is 16.0. The molecule has 0 saturated carbocycles. The molecule has 0 heterocycles. The number of likely N-dealkylation sites (N-methyl/N-ethyl adjacent to an activating group) is 1. The van der Waals surface area contributed by atoms with E-state index in [1.165, 1.54) is 11.1 Å². The minimum Gasteiger partial charge on any atom is -0.495 e. The van der Waals surface area contributed by atoms with Crippen LogP contribution in [0.25, 0.3) is 0 Å². The molecule has 1 amide bonds. The fraction of sp³-hybridized carbons (Fsp3) is 0.174. The van der Waals surface area contributed by atoms with E-state index in [0.29, 0.717) is 23.0 Å². The van der Waals surface area contributed by atoms with E-state index in [-0.39, 0.29) is 11.9 Å². The maximum absolute atomic E-state index is 12.7. The van der Waals surface area contributed by atoms with Gasteiger partial charge in [0.2, 0.25) is 0 Å². The Hall–Kier alpha value is -2.82. The zero-order valence-corrected chi connectivity index (χ0v) is 16.7. The number of nitrogens with one attached hydrogen (secondary N) is 2. The molecule has 3 aromatic rings.